The van der Waals surface area contributed by atoms with Crippen molar-refractivity contribution in [2.75, 3.05) is 13.6 Å². The standard InChI is InChI=1S/C42H40N2O5/c1-28(31-11-4-3-5-12-31)43(2)26-36-24-39(32-20-18-29(27-45)19-21-32)49-42(48-36)35-15-9-14-34(23-35)33-13-8-10-30(22-33)25-44-40(46)37-16-6-7-17-38(37)41(44)47/h3-23,28,36,39,42,45H,24-27H2,1-2H3. The van der Waals surface area contributed by atoms with E-state index in [1.165, 1.54) is 10.5 Å². The molecule has 2 amide bonds. The number of likely N-dealkylation sites (N-methyl/N-ethyl adjacent to an activating group) is 1. The van der Waals surface area contributed by atoms with Gasteiger partial charge in [-0.05, 0) is 71.6 Å². The van der Waals surface area contributed by atoms with E-state index in [2.05, 4.69) is 49.2 Å². The van der Waals surface area contributed by atoms with Crippen LogP contribution in [-0.2, 0) is 22.6 Å². The zero-order chi connectivity index (χ0) is 33.9. The number of hydrogen-bond donors (Lipinski definition) is 1. The average Bonchev–Trinajstić information content (AvgIpc) is 3.39. The van der Waals surface area contributed by atoms with Crippen LogP contribution in [0.5, 0.6) is 0 Å². The van der Waals surface area contributed by atoms with E-state index in [4.69, 9.17) is 9.47 Å². The Labute approximate surface area is 287 Å². The van der Waals surface area contributed by atoms with Crippen LogP contribution in [0.15, 0.2) is 127 Å². The van der Waals surface area contributed by atoms with Crippen LogP contribution < -0.4 is 0 Å². The lowest BCUT2D eigenvalue weighted by molar-refractivity contribution is -0.253. The van der Waals surface area contributed by atoms with Crippen LogP contribution in [0, 0.1) is 0 Å². The molecule has 248 valence electrons. The molecule has 4 atom stereocenters. The Hall–Kier alpha value is -4.92. The van der Waals surface area contributed by atoms with Gasteiger partial charge in [-0.25, -0.2) is 0 Å². The van der Waals surface area contributed by atoms with E-state index in [0.29, 0.717) is 17.5 Å². The lowest BCUT2D eigenvalue weighted by atomic mass is 9.98. The van der Waals surface area contributed by atoms with Gasteiger partial charge in [0.1, 0.15) is 0 Å². The summed E-state index contributed by atoms with van der Waals surface area (Å²) in [5.74, 6) is -0.531. The van der Waals surface area contributed by atoms with E-state index < -0.39 is 6.29 Å². The summed E-state index contributed by atoms with van der Waals surface area (Å²) in [4.78, 5) is 29.7. The monoisotopic (exact) mass is 652 g/mol. The number of benzene rings is 5. The molecule has 1 fully saturated rings. The lowest BCUT2D eigenvalue weighted by Gasteiger charge is -2.39. The van der Waals surface area contributed by atoms with Crippen molar-refractivity contribution in [1.82, 2.24) is 9.80 Å². The molecule has 7 nitrogen and oxygen atoms in total. The number of carbonyl (C=O) groups excluding carboxylic acids is 2. The van der Waals surface area contributed by atoms with Gasteiger partial charge in [-0.1, -0.05) is 103 Å². The van der Waals surface area contributed by atoms with E-state index in [1.807, 2.05) is 72.8 Å². The van der Waals surface area contributed by atoms with Crippen molar-refractivity contribution >= 4 is 11.8 Å². The summed E-state index contributed by atoms with van der Waals surface area (Å²) in [7, 11) is 2.13. The van der Waals surface area contributed by atoms with Crippen molar-refractivity contribution < 1.29 is 24.2 Å². The van der Waals surface area contributed by atoms with Gasteiger partial charge in [-0.2, -0.15) is 0 Å². The number of carbonyl (C=O) groups is 2. The maximum absolute atomic E-state index is 13.0. The van der Waals surface area contributed by atoms with Gasteiger partial charge in [0, 0.05) is 24.6 Å². The molecular weight excluding hydrogens is 612 g/mol. The lowest BCUT2D eigenvalue weighted by Crippen LogP contribution is -2.38. The molecule has 1 N–H and O–H groups in total. The SMILES string of the molecule is CC(c1ccccc1)N(C)CC1CC(c2ccc(CO)cc2)OC(c2cccc(-c3cccc(CN4C(=O)c5ccccc5C4=O)c3)c2)O1. The molecule has 0 spiro atoms. The number of ether oxygens (including phenoxy) is 2. The molecule has 2 aliphatic rings. The van der Waals surface area contributed by atoms with Crippen molar-refractivity contribution in [1.29, 1.82) is 0 Å². The number of fused-ring (bicyclic) bond motifs is 1. The van der Waals surface area contributed by atoms with Gasteiger partial charge in [0.05, 0.1) is 36.5 Å². The summed E-state index contributed by atoms with van der Waals surface area (Å²) in [5, 5.41) is 9.60. The van der Waals surface area contributed by atoms with E-state index >= 15 is 0 Å². The molecule has 7 heteroatoms. The highest BCUT2D eigenvalue weighted by atomic mass is 16.7. The molecule has 7 rings (SSSR count). The van der Waals surface area contributed by atoms with Crippen LogP contribution in [-0.4, -0.2) is 46.4 Å². The third-order valence-electron chi connectivity index (χ3n) is 9.69. The van der Waals surface area contributed by atoms with Crippen molar-refractivity contribution in [3.63, 3.8) is 0 Å². The Kier molecular flexibility index (Phi) is 9.51. The number of imide groups is 1. The quantitative estimate of drug-likeness (QED) is 0.155. The third kappa shape index (κ3) is 6.98. The minimum Gasteiger partial charge on any atom is -0.392 e. The Balaban J connectivity index is 1.12. The number of rotatable bonds is 10. The van der Waals surface area contributed by atoms with Gasteiger partial charge in [-0.15, -0.1) is 0 Å². The topological polar surface area (TPSA) is 79.3 Å². The highest BCUT2D eigenvalue weighted by Gasteiger charge is 2.36. The molecule has 0 bridgehead atoms. The number of aliphatic hydroxyl groups excluding tert-OH is 1. The van der Waals surface area contributed by atoms with E-state index in [9.17, 15) is 14.7 Å². The fourth-order valence-corrected chi connectivity index (χ4v) is 6.78. The number of nitrogens with zero attached hydrogens (tertiary/aromatic N) is 2. The first-order chi connectivity index (χ1) is 23.9. The number of aliphatic hydroxyl groups is 1. The Morgan fingerprint density at radius 2 is 1.39 bits per heavy atom. The molecule has 2 heterocycles. The normalized spacial score (nSPS) is 19.7. The fraction of sp³-hybridized carbons (Fsp3) is 0.238. The summed E-state index contributed by atoms with van der Waals surface area (Å²) in [6.07, 6.45) is -0.184. The van der Waals surface area contributed by atoms with Gasteiger partial charge in [0.2, 0.25) is 0 Å². The van der Waals surface area contributed by atoms with Gasteiger partial charge in [-0.3, -0.25) is 19.4 Å². The molecule has 0 aliphatic carbocycles. The molecule has 49 heavy (non-hydrogen) atoms. The molecule has 0 radical (unpaired) electrons. The van der Waals surface area contributed by atoms with Crippen molar-refractivity contribution in [2.24, 2.45) is 0 Å². The van der Waals surface area contributed by atoms with E-state index in [0.717, 1.165) is 39.9 Å². The molecule has 1 saturated heterocycles. The van der Waals surface area contributed by atoms with Gasteiger partial charge >= 0.3 is 0 Å². The Morgan fingerprint density at radius 1 is 0.735 bits per heavy atom. The van der Waals surface area contributed by atoms with Crippen molar-refractivity contribution in [2.45, 2.75) is 51.0 Å². The molecule has 0 saturated carbocycles. The van der Waals surface area contributed by atoms with Crippen LogP contribution in [0.4, 0.5) is 0 Å². The average molecular weight is 653 g/mol. The van der Waals surface area contributed by atoms with Gasteiger partial charge in [0.25, 0.3) is 11.8 Å². The Bertz CT molecular complexity index is 1910. The number of hydrogen-bond acceptors (Lipinski definition) is 6. The van der Waals surface area contributed by atoms with Gasteiger partial charge in [0.15, 0.2) is 6.29 Å². The smallest absolute Gasteiger partial charge is 0.261 e. The minimum absolute atomic E-state index is 0.00533. The first-order valence-corrected chi connectivity index (χ1v) is 16.8. The first kappa shape index (κ1) is 32.6. The summed E-state index contributed by atoms with van der Waals surface area (Å²) in [5.41, 5.74) is 7.78. The summed E-state index contributed by atoms with van der Waals surface area (Å²) in [6.45, 7) is 3.13. The Morgan fingerprint density at radius 3 is 2.08 bits per heavy atom. The van der Waals surface area contributed by atoms with Crippen LogP contribution in [0.2, 0.25) is 0 Å². The van der Waals surface area contributed by atoms with Crippen LogP contribution in [0.1, 0.15) is 80.3 Å². The zero-order valence-corrected chi connectivity index (χ0v) is 27.7. The summed E-state index contributed by atoms with van der Waals surface area (Å²) < 4.78 is 13.4. The van der Waals surface area contributed by atoms with Crippen LogP contribution in [0.25, 0.3) is 11.1 Å². The molecule has 4 unspecified atom stereocenters. The molecule has 5 aromatic rings. The second-order valence-corrected chi connectivity index (χ2v) is 12.9. The maximum Gasteiger partial charge on any atom is 0.261 e. The second-order valence-electron chi connectivity index (χ2n) is 12.9. The summed E-state index contributed by atoms with van der Waals surface area (Å²) >= 11 is 0. The summed E-state index contributed by atoms with van der Waals surface area (Å²) in [6, 6.07) is 41.7. The third-order valence-corrected chi connectivity index (χ3v) is 9.69. The largest absolute Gasteiger partial charge is 0.392 e. The van der Waals surface area contributed by atoms with Crippen LogP contribution in [0.3, 0.4) is 0 Å². The molecule has 2 aliphatic heterocycles. The molecule has 5 aromatic carbocycles. The molecular formula is C42H40N2O5. The van der Waals surface area contributed by atoms with Gasteiger partial charge < -0.3 is 14.6 Å². The molecule has 0 aromatic heterocycles. The number of amides is 2. The van der Waals surface area contributed by atoms with Crippen molar-refractivity contribution in [3.8, 4) is 11.1 Å². The van der Waals surface area contributed by atoms with E-state index in [1.54, 1.807) is 24.3 Å². The predicted molar refractivity (Wildman–Crippen MR) is 188 cm³/mol. The zero-order valence-electron chi connectivity index (χ0n) is 27.7. The fourth-order valence-electron chi connectivity index (χ4n) is 6.78. The highest BCUT2D eigenvalue weighted by molar-refractivity contribution is 6.21. The van der Waals surface area contributed by atoms with Crippen molar-refractivity contribution in [3.05, 3.63) is 166 Å². The van der Waals surface area contributed by atoms with Crippen LogP contribution >= 0.6 is 0 Å². The second kappa shape index (κ2) is 14.3. The maximum atomic E-state index is 13.0. The van der Waals surface area contributed by atoms with E-state index in [-0.39, 0.29) is 43.2 Å². The minimum atomic E-state index is -0.594. The first-order valence-electron chi connectivity index (χ1n) is 16.8. The predicted octanol–water partition coefficient (Wildman–Crippen LogP) is 7.88. The highest BCUT2D eigenvalue weighted by Crippen LogP contribution is 2.39.